The van der Waals surface area contributed by atoms with E-state index in [9.17, 15) is 0 Å². The summed E-state index contributed by atoms with van der Waals surface area (Å²) in [6.45, 7) is 1.12. The molecule has 1 heterocycles. The van der Waals surface area contributed by atoms with Crippen LogP contribution in [0.1, 0.15) is 5.69 Å². The van der Waals surface area contributed by atoms with E-state index in [4.69, 9.17) is 10.8 Å². The van der Waals surface area contributed by atoms with Crippen LogP contribution >= 0.6 is 24.8 Å². The molecule has 1 aromatic rings. The molecular weight excluding hydrogens is 203 g/mol. The Morgan fingerprint density at radius 2 is 2.17 bits per heavy atom. The van der Waals surface area contributed by atoms with Gasteiger partial charge in [0.2, 0.25) is 0 Å². The second-order valence-corrected chi connectivity index (χ2v) is 1.92. The second kappa shape index (κ2) is 7.30. The van der Waals surface area contributed by atoms with E-state index in [1.165, 1.54) is 0 Å². The van der Waals surface area contributed by atoms with Crippen LogP contribution < -0.4 is 5.73 Å². The maximum Gasteiger partial charge on any atom is 0.108 e. The van der Waals surface area contributed by atoms with Crippen molar-refractivity contribution in [2.24, 2.45) is 5.73 Å². The lowest BCUT2D eigenvalue weighted by Crippen LogP contribution is -2.10. The summed E-state index contributed by atoms with van der Waals surface area (Å²) in [5.74, 6) is 0. The number of nitrogens with two attached hydrogens (primary N) is 1. The van der Waals surface area contributed by atoms with Crippen LogP contribution in [0.5, 0.6) is 0 Å². The number of halogens is 2. The Bertz CT molecular complexity index is 205. The summed E-state index contributed by atoms with van der Waals surface area (Å²) in [5.41, 5.74) is 5.84. The first-order valence-corrected chi connectivity index (χ1v) is 3.06. The van der Waals surface area contributed by atoms with Crippen molar-refractivity contribution >= 4 is 24.8 Å². The molecule has 5 nitrogen and oxygen atoms in total. The monoisotopic (exact) mass is 214 g/mol. The van der Waals surface area contributed by atoms with Gasteiger partial charge in [0, 0.05) is 6.54 Å². The summed E-state index contributed by atoms with van der Waals surface area (Å²) in [6, 6.07) is 0. The van der Waals surface area contributed by atoms with Crippen LogP contribution in [0.2, 0.25) is 0 Å². The molecule has 0 aliphatic carbocycles. The van der Waals surface area contributed by atoms with Crippen LogP contribution in [-0.2, 0) is 13.2 Å². The summed E-state index contributed by atoms with van der Waals surface area (Å²) in [5, 5.41) is 15.9. The van der Waals surface area contributed by atoms with Gasteiger partial charge in [0.15, 0.2) is 0 Å². The van der Waals surface area contributed by atoms with Crippen LogP contribution in [0.4, 0.5) is 0 Å². The number of rotatable bonds is 3. The highest BCUT2D eigenvalue weighted by Crippen LogP contribution is 1.90. The molecule has 72 valence electrons. The van der Waals surface area contributed by atoms with Crippen LogP contribution in [0, 0.1) is 0 Å². The molecule has 0 aromatic carbocycles. The van der Waals surface area contributed by atoms with Crippen molar-refractivity contribution in [3.8, 4) is 0 Å². The van der Waals surface area contributed by atoms with Crippen molar-refractivity contribution < 1.29 is 5.11 Å². The minimum Gasteiger partial charge on any atom is -0.390 e. The van der Waals surface area contributed by atoms with E-state index in [-0.39, 0.29) is 31.4 Å². The molecule has 0 aliphatic heterocycles. The normalized spacial score (nSPS) is 8.50. The van der Waals surface area contributed by atoms with Crippen LogP contribution in [0.15, 0.2) is 6.20 Å². The summed E-state index contributed by atoms with van der Waals surface area (Å²) in [7, 11) is 0. The highest BCUT2D eigenvalue weighted by molar-refractivity contribution is 5.85. The maximum atomic E-state index is 8.57. The first-order chi connectivity index (χ1) is 4.86. The number of aliphatic hydroxyl groups is 1. The summed E-state index contributed by atoms with van der Waals surface area (Å²) >= 11 is 0. The van der Waals surface area contributed by atoms with Crippen molar-refractivity contribution in [2.75, 3.05) is 6.54 Å². The summed E-state index contributed by atoms with van der Waals surface area (Å²) in [6.07, 6.45) is 1.67. The van der Waals surface area contributed by atoms with Gasteiger partial charge in [-0.25, -0.2) is 0 Å². The van der Waals surface area contributed by atoms with Gasteiger partial charge in [-0.15, -0.1) is 29.9 Å². The van der Waals surface area contributed by atoms with E-state index >= 15 is 0 Å². The molecule has 3 N–H and O–H groups in total. The summed E-state index contributed by atoms with van der Waals surface area (Å²) < 4.78 is 1.60. The van der Waals surface area contributed by atoms with Crippen molar-refractivity contribution in [3.05, 3.63) is 11.9 Å². The fourth-order valence-corrected chi connectivity index (χ4v) is 0.653. The van der Waals surface area contributed by atoms with Crippen molar-refractivity contribution in [2.45, 2.75) is 13.2 Å². The SMILES string of the molecule is Cl.Cl.NCCn1cc(CO)nn1. The second-order valence-electron chi connectivity index (χ2n) is 1.92. The van der Waals surface area contributed by atoms with Gasteiger partial charge in [-0.1, -0.05) is 5.21 Å². The predicted molar refractivity (Wildman–Crippen MR) is 49.5 cm³/mol. The Morgan fingerprint density at radius 3 is 2.58 bits per heavy atom. The molecule has 1 rings (SSSR count). The van der Waals surface area contributed by atoms with Gasteiger partial charge in [0.25, 0.3) is 0 Å². The number of aromatic nitrogens is 3. The third-order valence-corrected chi connectivity index (χ3v) is 1.11. The van der Waals surface area contributed by atoms with Gasteiger partial charge < -0.3 is 10.8 Å². The summed E-state index contributed by atoms with van der Waals surface area (Å²) in [4.78, 5) is 0. The smallest absolute Gasteiger partial charge is 0.108 e. The molecule has 0 atom stereocenters. The lowest BCUT2D eigenvalue weighted by Gasteiger charge is -1.91. The fraction of sp³-hybridized carbons (Fsp3) is 0.600. The Labute approximate surface area is 82.8 Å². The lowest BCUT2D eigenvalue weighted by atomic mass is 10.5. The van der Waals surface area contributed by atoms with Gasteiger partial charge in [-0.2, -0.15) is 0 Å². The molecule has 0 unspecified atom stereocenters. The predicted octanol–water partition coefficient (Wildman–Crippen LogP) is -0.427. The Hall–Kier alpha value is -0.360. The molecule has 0 aliphatic rings. The molecule has 0 spiro atoms. The largest absolute Gasteiger partial charge is 0.390 e. The highest BCUT2D eigenvalue weighted by atomic mass is 35.5. The van der Waals surface area contributed by atoms with E-state index in [0.29, 0.717) is 18.8 Å². The molecule has 0 amide bonds. The standard InChI is InChI=1S/C5H10N4O.2ClH/c6-1-2-9-3-5(4-10)7-8-9;;/h3,10H,1-2,4,6H2;2*1H. The van der Waals surface area contributed by atoms with Gasteiger partial charge in [-0.05, 0) is 0 Å². The van der Waals surface area contributed by atoms with Gasteiger partial charge >= 0.3 is 0 Å². The Kier molecular flexibility index (Phi) is 8.62. The minimum absolute atomic E-state index is 0. The molecule has 0 radical (unpaired) electrons. The quantitative estimate of drug-likeness (QED) is 0.717. The van der Waals surface area contributed by atoms with E-state index in [1.807, 2.05) is 0 Å². The minimum atomic E-state index is -0.0649. The molecule has 0 saturated heterocycles. The average Bonchev–Trinajstić information content (AvgIpc) is 2.37. The zero-order valence-electron chi connectivity index (χ0n) is 6.38. The number of hydrogen-bond donors (Lipinski definition) is 2. The lowest BCUT2D eigenvalue weighted by molar-refractivity contribution is 0.276. The third-order valence-electron chi connectivity index (χ3n) is 1.11. The number of nitrogens with zero attached hydrogens (tertiary/aromatic N) is 3. The molecule has 7 heteroatoms. The Balaban J connectivity index is 0. The van der Waals surface area contributed by atoms with E-state index in [0.717, 1.165) is 0 Å². The van der Waals surface area contributed by atoms with Crippen LogP contribution in [0.25, 0.3) is 0 Å². The number of hydrogen-bond acceptors (Lipinski definition) is 4. The number of aliphatic hydroxyl groups excluding tert-OH is 1. The molecule has 12 heavy (non-hydrogen) atoms. The first kappa shape index (κ1) is 14.2. The van der Waals surface area contributed by atoms with Gasteiger partial charge in [0.05, 0.1) is 19.3 Å². The maximum absolute atomic E-state index is 8.57. The van der Waals surface area contributed by atoms with E-state index < -0.39 is 0 Å². The topological polar surface area (TPSA) is 77.0 Å². The van der Waals surface area contributed by atoms with E-state index in [1.54, 1.807) is 10.9 Å². The molecule has 0 fully saturated rings. The zero-order valence-corrected chi connectivity index (χ0v) is 8.01. The van der Waals surface area contributed by atoms with Gasteiger partial charge in [0.1, 0.15) is 5.69 Å². The average molecular weight is 215 g/mol. The highest BCUT2D eigenvalue weighted by Gasteiger charge is 1.95. The zero-order chi connectivity index (χ0) is 7.40. The molecular formula is C5H12Cl2N4O. The van der Waals surface area contributed by atoms with Crippen molar-refractivity contribution in [1.29, 1.82) is 0 Å². The van der Waals surface area contributed by atoms with Crippen molar-refractivity contribution in [3.63, 3.8) is 0 Å². The molecule has 0 saturated carbocycles. The fourth-order valence-electron chi connectivity index (χ4n) is 0.653. The Morgan fingerprint density at radius 1 is 1.50 bits per heavy atom. The molecule has 1 aromatic heterocycles. The third kappa shape index (κ3) is 3.87. The van der Waals surface area contributed by atoms with Crippen LogP contribution in [-0.4, -0.2) is 26.6 Å². The van der Waals surface area contributed by atoms with Crippen molar-refractivity contribution in [1.82, 2.24) is 15.0 Å². The van der Waals surface area contributed by atoms with Crippen LogP contribution in [0.3, 0.4) is 0 Å². The van der Waals surface area contributed by atoms with E-state index in [2.05, 4.69) is 10.3 Å². The first-order valence-electron chi connectivity index (χ1n) is 3.06. The van der Waals surface area contributed by atoms with Gasteiger partial charge in [-0.3, -0.25) is 4.68 Å². The molecule has 0 bridgehead atoms.